The number of hydrogen-bond donors (Lipinski definition) is 3. The Morgan fingerprint density at radius 1 is 1.10 bits per heavy atom. The Labute approximate surface area is 167 Å². The third-order valence-corrected chi connectivity index (χ3v) is 4.99. The molecule has 9 nitrogen and oxygen atoms in total. The highest BCUT2D eigenvalue weighted by Gasteiger charge is 2.29. The van der Waals surface area contributed by atoms with E-state index in [1.165, 1.54) is 0 Å². The minimum absolute atomic E-state index is 0.300. The maximum atomic E-state index is 12.8. The monoisotopic (exact) mass is 394 g/mol. The summed E-state index contributed by atoms with van der Waals surface area (Å²) in [6, 6.07) is 10.0. The standard InChI is InChI=1S/C20H22N6O3/c27-13-17(24-18(28)16-12-14-4-1-2-5-15(14)23-16)19(29)25-8-10-26(11-9-25)20-21-6-3-7-22-20/h1-7,12,17,23,27H,8-11,13H2,(H,24,28)/t17-/m0/s1. The molecule has 9 heteroatoms. The largest absolute Gasteiger partial charge is 0.394 e. The van der Waals surface area contributed by atoms with Crippen molar-refractivity contribution < 1.29 is 14.7 Å². The first-order valence-corrected chi connectivity index (χ1v) is 9.46. The van der Waals surface area contributed by atoms with Gasteiger partial charge in [0.1, 0.15) is 11.7 Å². The summed E-state index contributed by atoms with van der Waals surface area (Å²) < 4.78 is 0. The number of para-hydroxylation sites is 1. The molecule has 1 fully saturated rings. The molecule has 0 unspecified atom stereocenters. The zero-order valence-electron chi connectivity index (χ0n) is 15.8. The van der Waals surface area contributed by atoms with E-state index < -0.39 is 18.6 Å². The van der Waals surface area contributed by atoms with E-state index in [2.05, 4.69) is 20.3 Å². The number of nitrogens with zero attached hydrogens (tertiary/aromatic N) is 4. The number of anilines is 1. The van der Waals surface area contributed by atoms with Crippen molar-refractivity contribution in [1.82, 2.24) is 25.2 Å². The SMILES string of the molecule is O=C(N[C@@H](CO)C(=O)N1CCN(c2ncccn2)CC1)c1cc2ccccc2[nH]1. The molecule has 3 N–H and O–H groups in total. The van der Waals surface area contributed by atoms with Gasteiger partial charge in [-0.05, 0) is 18.2 Å². The van der Waals surface area contributed by atoms with Crippen molar-refractivity contribution in [3.63, 3.8) is 0 Å². The molecule has 0 aliphatic carbocycles. The number of aromatic nitrogens is 3. The second-order valence-corrected chi connectivity index (χ2v) is 6.84. The summed E-state index contributed by atoms with van der Waals surface area (Å²) in [5, 5.41) is 13.2. The molecule has 4 rings (SSSR count). The number of piperazine rings is 1. The molecule has 0 saturated carbocycles. The summed E-state index contributed by atoms with van der Waals surface area (Å²) in [5.41, 5.74) is 1.19. The van der Waals surface area contributed by atoms with Crippen LogP contribution in [-0.2, 0) is 4.79 Å². The average Bonchev–Trinajstić information content (AvgIpc) is 3.22. The fourth-order valence-electron chi connectivity index (χ4n) is 3.42. The minimum Gasteiger partial charge on any atom is -0.394 e. The van der Waals surface area contributed by atoms with Crippen molar-refractivity contribution in [1.29, 1.82) is 0 Å². The van der Waals surface area contributed by atoms with E-state index in [9.17, 15) is 14.7 Å². The summed E-state index contributed by atoms with van der Waals surface area (Å²) in [7, 11) is 0. The van der Waals surface area contributed by atoms with Crippen molar-refractivity contribution in [3.8, 4) is 0 Å². The van der Waals surface area contributed by atoms with Crippen LogP contribution in [0.1, 0.15) is 10.5 Å². The molecule has 29 heavy (non-hydrogen) atoms. The van der Waals surface area contributed by atoms with Gasteiger partial charge in [-0.15, -0.1) is 0 Å². The minimum atomic E-state index is -0.992. The van der Waals surface area contributed by atoms with E-state index in [1.54, 1.807) is 29.4 Å². The quantitative estimate of drug-likeness (QED) is 0.577. The first-order valence-electron chi connectivity index (χ1n) is 9.46. The lowest BCUT2D eigenvalue weighted by molar-refractivity contribution is -0.134. The van der Waals surface area contributed by atoms with E-state index in [0.29, 0.717) is 37.8 Å². The van der Waals surface area contributed by atoms with E-state index in [1.807, 2.05) is 29.2 Å². The van der Waals surface area contributed by atoms with Gasteiger partial charge < -0.3 is 25.2 Å². The molecule has 1 aromatic carbocycles. The van der Waals surface area contributed by atoms with Crippen LogP contribution in [0.3, 0.4) is 0 Å². The van der Waals surface area contributed by atoms with Crippen molar-refractivity contribution in [2.45, 2.75) is 6.04 Å². The topological polar surface area (TPSA) is 114 Å². The lowest BCUT2D eigenvalue weighted by Gasteiger charge is -2.36. The Morgan fingerprint density at radius 2 is 1.83 bits per heavy atom. The predicted molar refractivity (Wildman–Crippen MR) is 107 cm³/mol. The highest BCUT2D eigenvalue weighted by molar-refractivity contribution is 6.00. The van der Waals surface area contributed by atoms with Gasteiger partial charge >= 0.3 is 0 Å². The fourth-order valence-corrected chi connectivity index (χ4v) is 3.42. The van der Waals surface area contributed by atoms with Crippen LogP contribution in [0, 0.1) is 0 Å². The van der Waals surface area contributed by atoms with E-state index in [-0.39, 0.29) is 5.91 Å². The van der Waals surface area contributed by atoms with Crippen molar-refractivity contribution in [3.05, 3.63) is 54.5 Å². The average molecular weight is 394 g/mol. The van der Waals surface area contributed by atoms with Gasteiger partial charge in [-0.2, -0.15) is 0 Å². The molecule has 0 bridgehead atoms. The van der Waals surface area contributed by atoms with Crippen molar-refractivity contribution in [2.75, 3.05) is 37.7 Å². The summed E-state index contributed by atoms with van der Waals surface area (Å²) in [5.74, 6) is -0.0964. The maximum Gasteiger partial charge on any atom is 0.268 e. The number of carbonyl (C=O) groups is 2. The van der Waals surface area contributed by atoms with Crippen LogP contribution in [0.2, 0.25) is 0 Å². The number of aliphatic hydroxyl groups excluding tert-OH is 1. The van der Waals surface area contributed by atoms with Crippen LogP contribution in [-0.4, -0.2) is 75.6 Å². The molecule has 0 spiro atoms. The molecule has 1 atom stereocenters. The molecule has 2 amide bonds. The summed E-state index contributed by atoms with van der Waals surface area (Å²) in [4.78, 5) is 40.5. The molecular formula is C20H22N6O3. The Kier molecular flexibility index (Phi) is 5.39. The van der Waals surface area contributed by atoms with E-state index in [0.717, 1.165) is 10.9 Å². The number of amides is 2. The number of fused-ring (bicyclic) bond motifs is 1. The Bertz CT molecular complexity index is 965. The number of carbonyl (C=O) groups excluding carboxylic acids is 2. The molecule has 150 valence electrons. The highest BCUT2D eigenvalue weighted by Crippen LogP contribution is 2.15. The highest BCUT2D eigenvalue weighted by atomic mass is 16.3. The van der Waals surface area contributed by atoms with Gasteiger partial charge in [-0.3, -0.25) is 9.59 Å². The van der Waals surface area contributed by atoms with Gasteiger partial charge in [0.25, 0.3) is 5.91 Å². The number of nitrogens with one attached hydrogen (secondary N) is 2. The van der Waals surface area contributed by atoms with Gasteiger partial charge in [0.15, 0.2) is 0 Å². The number of H-pyrrole nitrogens is 1. The lowest BCUT2D eigenvalue weighted by atomic mass is 10.2. The third-order valence-electron chi connectivity index (χ3n) is 4.99. The smallest absolute Gasteiger partial charge is 0.268 e. The van der Waals surface area contributed by atoms with Gasteiger partial charge in [-0.1, -0.05) is 18.2 Å². The second kappa shape index (κ2) is 8.27. The van der Waals surface area contributed by atoms with Crippen molar-refractivity contribution >= 4 is 28.7 Å². The summed E-state index contributed by atoms with van der Waals surface area (Å²) in [6.45, 7) is 1.65. The first kappa shape index (κ1) is 18.9. The van der Waals surface area contributed by atoms with Gasteiger partial charge in [0, 0.05) is 49.5 Å². The van der Waals surface area contributed by atoms with Crippen LogP contribution in [0.25, 0.3) is 10.9 Å². The maximum absolute atomic E-state index is 12.8. The molecule has 3 aromatic rings. The van der Waals surface area contributed by atoms with Crippen molar-refractivity contribution in [2.24, 2.45) is 0 Å². The molecule has 0 radical (unpaired) electrons. The molecule has 3 heterocycles. The molecule has 1 aliphatic rings. The number of benzene rings is 1. The normalized spacial score (nSPS) is 15.3. The summed E-state index contributed by atoms with van der Waals surface area (Å²) in [6.07, 6.45) is 3.36. The molecule has 1 aliphatic heterocycles. The van der Waals surface area contributed by atoms with Gasteiger partial charge in [-0.25, -0.2) is 9.97 Å². The molecule has 1 saturated heterocycles. The van der Waals surface area contributed by atoms with Crippen LogP contribution < -0.4 is 10.2 Å². The number of hydrogen-bond acceptors (Lipinski definition) is 6. The van der Waals surface area contributed by atoms with Crippen LogP contribution in [0.5, 0.6) is 0 Å². The summed E-state index contributed by atoms with van der Waals surface area (Å²) >= 11 is 0. The molecule has 2 aromatic heterocycles. The number of aliphatic hydroxyl groups is 1. The Morgan fingerprint density at radius 3 is 2.52 bits per heavy atom. The van der Waals surface area contributed by atoms with Gasteiger partial charge in [0.05, 0.1) is 6.61 Å². The van der Waals surface area contributed by atoms with E-state index >= 15 is 0 Å². The van der Waals surface area contributed by atoms with E-state index in [4.69, 9.17) is 0 Å². The Hall–Kier alpha value is -3.46. The third kappa shape index (κ3) is 4.04. The zero-order chi connectivity index (χ0) is 20.2. The number of rotatable bonds is 5. The fraction of sp³-hybridized carbons (Fsp3) is 0.300. The van der Waals surface area contributed by atoms with Crippen LogP contribution in [0.4, 0.5) is 5.95 Å². The Balaban J connectivity index is 1.37. The molecular weight excluding hydrogens is 372 g/mol. The lowest BCUT2D eigenvalue weighted by Crippen LogP contribution is -2.56. The number of aromatic amines is 1. The van der Waals surface area contributed by atoms with Crippen LogP contribution >= 0.6 is 0 Å². The van der Waals surface area contributed by atoms with Gasteiger partial charge in [0.2, 0.25) is 11.9 Å². The van der Waals surface area contributed by atoms with Crippen LogP contribution in [0.15, 0.2) is 48.8 Å². The zero-order valence-corrected chi connectivity index (χ0v) is 15.8. The predicted octanol–water partition coefficient (Wildman–Crippen LogP) is 0.397. The first-order chi connectivity index (χ1) is 14.2. The second-order valence-electron chi connectivity index (χ2n) is 6.84.